The van der Waals surface area contributed by atoms with Crippen molar-refractivity contribution in [3.63, 3.8) is 0 Å². The Labute approximate surface area is 143 Å². The van der Waals surface area contributed by atoms with Gasteiger partial charge >= 0.3 is 0 Å². The number of rotatable bonds is 6. The molecule has 0 N–H and O–H groups in total. The fourth-order valence-electron chi connectivity index (χ4n) is 2.73. The fourth-order valence-corrected chi connectivity index (χ4v) is 2.73. The van der Waals surface area contributed by atoms with Crippen molar-refractivity contribution in [3.05, 3.63) is 41.7 Å². The summed E-state index contributed by atoms with van der Waals surface area (Å²) in [6.45, 7) is 8.82. The largest absolute Gasteiger partial charge is 0.270 e. The summed E-state index contributed by atoms with van der Waals surface area (Å²) in [6, 6.07) is 7.15. The molecule has 0 spiro atoms. The Hall–Kier alpha value is -0.882. The van der Waals surface area contributed by atoms with Crippen LogP contribution < -0.4 is 0 Å². The molecule has 1 aromatic heterocycles. The topological polar surface area (TPSA) is 17.8 Å². The van der Waals surface area contributed by atoms with Crippen LogP contribution >= 0.6 is 0 Å². The van der Waals surface area contributed by atoms with Crippen molar-refractivity contribution >= 4 is 0 Å². The van der Waals surface area contributed by atoms with Gasteiger partial charge in [-0.3, -0.25) is 4.68 Å². The van der Waals surface area contributed by atoms with Crippen LogP contribution in [0.2, 0.25) is 0 Å². The van der Waals surface area contributed by atoms with Crippen LogP contribution in [0.15, 0.2) is 30.6 Å². The minimum atomic E-state index is 0. The SMILES string of the molecule is CCCc1cccc(CCC)c1-c1cnn(C(C)C)c1.[Pt]. The van der Waals surface area contributed by atoms with Gasteiger partial charge in [0.25, 0.3) is 0 Å². The summed E-state index contributed by atoms with van der Waals surface area (Å²) in [5, 5.41) is 4.51. The molecule has 0 aliphatic heterocycles. The molecule has 3 heteroatoms. The molecule has 0 unspecified atom stereocenters. The van der Waals surface area contributed by atoms with Gasteiger partial charge in [-0.05, 0) is 43.4 Å². The van der Waals surface area contributed by atoms with Crippen LogP contribution in [0, 0.1) is 0 Å². The number of aryl methyl sites for hydroxylation is 2. The van der Waals surface area contributed by atoms with E-state index >= 15 is 0 Å². The molecule has 0 radical (unpaired) electrons. The van der Waals surface area contributed by atoms with E-state index in [9.17, 15) is 0 Å². The minimum absolute atomic E-state index is 0. The first-order valence-corrected chi connectivity index (χ1v) is 7.82. The van der Waals surface area contributed by atoms with E-state index in [0.717, 1.165) is 12.8 Å². The smallest absolute Gasteiger partial charge is 0.0568 e. The Morgan fingerprint density at radius 2 is 1.62 bits per heavy atom. The molecule has 0 amide bonds. The summed E-state index contributed by atoms with van der Waals surface area (Å²) < 4.78 is 2.05. The van der Waals surface area contributed by atoms with Crippen molar-refractivity contribution in [1.82, 2.24) is 9.78 Å². The number of benzene rings is 1. The van der Waals surface area contributed by atoms with Gasteiger partial charge in [0.05, 0.1) is 6.20 Å². The number of hydrogen-bond donors (Lipinski definition) is 0. The molecule has 0 fully saturated rings. The van der Waals surface area contributed by atoms with Gasteiger partial charge in [-0.2, -0.15) is 5.10 Å². The third-order valence-electron chi connectivity index (χ3n) is 3.69. The first kappa shape index (κ1) is 18.2. The van der Waals surface area contributed by atoms with Gasteiger partial charge in [0, 0.05) is 38.9 Å². The van der Waals surface area contributed by atoms with E-state index in [0.29, 0.717) is 6.04 Å². The maximum Gasteiger partial charge on any atom is 0.0568 e. The second-order valence-electron chi connectivity index (χ2n) is 5.75. The van der Waals surface area contributed by atoms with Crippen molar-refractivity contribution in [2.45, 2.75) is 59.4 Å². The van der Waals surface area contributed by atoms with Crippen molar-refractivity contribution < 1.29 is 21.1 Å². The molecule has 0 atom stereocenters. The standard InChI is InChI=1S/C18H26N2.Pt/c1-5-8-15-10-7-11-16(9-6-2)18(15)17-12-19-20(13-17)14(3)4;/h7,10-14H,5-6,8-9H2,1-4H3;. The molecule has 0 aliphatic rings. The monoisotopic (exact) mass is 465 g/mol. The normalized spacial score (nSPS) is 10.7. The van der Waals surface area contributed by atoms with E-state index in [1.54, 1.807) is 0 Å². The van der Waals surface area contributed by atoms with Crippen molar-refractivity contribution in [3.8, 4) is 11.1 Å². The zero-order valence-corrected chi connectivity index (χ0v) is 15.8. The van der Waals surface area contributed by atoms with Gasteiger partial charge in [-0.15, -0.1) is 0 Å². The molecule has 2 aromatic rings. The first-order valence-electron chi connectivity index (χ1n) is 7.82. The van der Waals surface area contributed by atoms with Gasteiger partial charge in [0.15, 0.2) is 0 Å². The minimum Gasteiger partial charge on any atom is -0.270 e. The zero-order chi connectivity index (χ0) is 14.5. The Bertz CT molecular complexity index is 534. The molecule has 1 heterocycles. The van der Waals surface area contributed by atoms with Gasteiger partial charge in [-0.25, -0.2) is 0 Å². The molecule has 0 aliphatic carbocycles. The summed E-state index contributed by atoms with van der Waals surface area (Å²) in [7, 11) is 0. The van der Waals surface area contributed by atoms with Crippen LogP contribution in [0.3, 0.4) is 0 Å². The number of aromatic nitrogens is 2. The van der Waals surface area contributed by atoms with Crippen LogP contribution in [0.1, 0.15) is 57.7 Å². The predicted octanol–water partition coefficient (Wildman–Crippen LogP) is 5.03. The van der Waals surface area contributed by atoms with Crippen molar-refractivity contribution in [2.75, 3.05) is 0 Å². The summed E-state index contributed by atoms with van der Waals surface area (Å²) in [4.78, 5) is 0. The van der Waals surface area contributed by atoms with E-state index in [1.807, 2.05) is 10.9 Å². The van der Waals surface area contributed by atoms with Crippen molar-refractivity contribution in [2.24, 2.45) is 0 Å². The summed E-state index contributed by atoms with van der Waals surface area (Å²) in [5.41, 5.74) is 5.61. The van der Waals surface area contributed by atoms with Crippen LogP contribution in [0.25, 0.3) is 11.1 Å². The predicted molar refractivity (Wildman–Crippen MR) is 86.0 cm³/mol. The van der Waals surface area contributed by atoms with Crippen LogP contribution in [-0.2, 0) is 33.9 Å². The molecule has 1 aromatic carbocycles. The summed E-state index contributed by atoms with van der Waals surface area (Å²) in [5.74, 6) is 0. The Kier molecular flexibility index (Phi) is 7.38. The molecule has 0 saturated carbocycles. The molecule has 21 heavy (non-hydrogen) atoms. The average molecular weight is 465 g/mol. The van der Waals surface area contributed by atoms with Crippen LogP contribution in [-0.4, -0.2) is 9.78 Å². The van der Waals surface area contributed by atoms with Crippen molar-refractivity contribution in [1.29, 1.82) is 0 Å². The Morgan fingerprint density at radius 3 is 2.05 bits per heavy atom. The van der Waals surface area contributed by atoms with E-state index < -0.39 is 0 Å². The van der Waals surface area contributed by atoms with Gasteiger partial charge < -0.3 is 0 Å². The van der Waals surface area contributed by atoms with Gasteiger partial charge in [-0.1, -0.05) is 44.9 Å². The molecule has 118 valence electrons. The van der Waals surface area contributed by atoms with Gasteiger partial charge in [0.1, 0.15) is 0 Å². The first-order chi connectivity index (χ1) is 9.67. The second-order valence-corrected chi connectivity index (χ2v) is 5.75. The molecule has 0 saturated heterocycles. The fraction of sp³-hybridized carbons (Fsp3) is 0.500. The maximum atomic E-state index is 4.51. The molecular formula is C18H26N2Pt. The maximum absolute atomic E-state index is 4.51. The average Bonchev–Trinajstić information content (AvgIpc) is 2.89. The van der Waals surface area contributed by atoms with Gasteiger partial charge in [0.2, 0.25) is 0 Å². The Morgan fingerprint density at radius 1 is 1.05 bits per heavy atom. The molecular weight excluding hydrogens is 439 g/mol. The summed E-state index contributed by atoms with van der Waals surface area (Å²) in [6.07, 6.45) is 8.85. The Balaban J connectivity index is 0.00000220. The molecule has 2 nitrogen and oxygen atoms in total. The zero-order valence-electron chi connectivity index (χ0n) is 13.5. The number of nitrogens with zero attached hydrogens (tertiary/aromatic N) is 2. The van der Waals surface area contributed by atoms with E-state index in [1.165, 1.54) is 35.1 Å². The third kappa shape index (κ3) is 4.29. The van der Waals surface area contributed by atoms with E-state index in [2.05, 4.69) is 57.2 Å². The molecule has 0 bridgehead atoms. The quantitative estimate of drug-likeness (QED) is 0.585. The number of hydrogen-bond acceptors (Lipinski definition) is 1. The van der Waals surface area contributed by atoms with Crippen LogP contribution in [0.4, 0.5) is 0 Å². The molecule has 2 rings (SSSR count). The van der Waals surface area contributed by atoms with E-state index in [4.69, 9.17) is 0 Å². The van der Waals surface area contributed by atoms with Crippen LogP contribution in [0.5, 0.6) is 0 Å². The third-order valence-corrected chi connectivity index (χ3v) is 3.69. The summed E-state index contributed by atoms with van der Waals surface area (Å²) >= 11 is 0. The second kappa shape index (κ2) is 8.53. The van der Waals surface area contributed by atoms with E-state index in [-0.39, 0.29) is 21.1 Å².